The molecule has 1 N–H and O–H groups in total. The number of nitrogens with zero attached hydrogens (tertiary/aromatic N) is 4. The Bertz CT molecular complexity index is 874. The number of hydrogen-bond acceptors (Lipinski definition) is 5. The molecule has 7 nitrogen and oxygen atoms in total. The predicted molar refractivity (Wildman–Crippen MR) is 96.8 cm³/mol. The molecule has 0 atom stereocenters. The van der Waals surface area contributed by atoms with Crippen LogP contribution in [0.5, 0.6) is 0 Å². The van der Waals surface area contributed by atoms with Crippen LogP contribution in [-0.2, 0) is 26.4 Å². The van der Waals surface area contributed by atoms with Crippen LogP contribution >= 0.6 is 0 Å². The molecule has 0 bridgehead atoms. The molecule has 0 spiro atoms. The maximum absolute atomic E-state index is 12.3. The summed E-state index contributed by atoms with van der Waals surface area (Å²) in [5.41, 5.74) is 1.61. The van der Waals surface area contributed by atoms with Crippen LogP contribution in [0.1, 0.15) is 28.0 Å². The number of imidazole rings is 1. The van der Waals surface area contributed by atoms with Crippen LogP contribution < -0.4 is 5.32 Å². The number of oxazole rings is 1. The summed E-state index contributed by atoms with van der Waals surface area (Å²) in [5, 5.41) is 2.81. The Morgan fingerprint density at radius 3 is 2.81 bits per heavy atom. The molecule has 134 valence electrons. The number of aromatic nitrogens is 3. The van der Waals surface area contributed by atoms with Gasteiger partial charge in [0.15, 0.2) is 0 Å². The van der Waals surface area contributed by atoms with Gasteiger partial charge >= 0.3 is 5.91 Å². The predicted octanol–water partition coefficient (Wildman–Crippen LogP) is 2.26. The molecule has 0 fully saturated rings. The monoisotopic (exact) mass is 351 g/mol. The van der Waals surface area contributed by atoms with Crippen molar-refractivity contribution >= 4 is 11.6 Å². The van der Waals surface area contributed by atoms with Crippen molar-refractivity contribution in [2.75, 3.05) is 18.4 Å². The molecule has 1 aliphatic heterocycles. The smallest absolute Gasteiger partial charge is 0.311 e. The molecule has 4 rings (SSSR count). The number of carbonyl (C=O) groups excluding carboxylic acids is 1. The SMILES string of the molecule is Cn1ccnc1CN1CCc2nc(C(=O)Nc3ccccc3)oc2CC1. The summed E-state index contributed by atoms with van der Waals surface area (Å²) in [6.07, 6.45) is 5.28. The molecule has 0 radical (unpaired) electrons. The summed E-state index contributed by atoms with van der Waals surface area (Å²) >= 11 is 0. The molecule has 1 aliphatic rings. The number of carbonyl (C=O) groups is 1. The van der Waals surface area contributed by atoms with Gasteiger partial charge in [0.25, 0.3) is 5.89 Å². The van der Waals surface area contributed by atoms with Gasteiger partial charge in [-0.05, 0) is 12.1 Å². The van der Waals surface area contributed by atoms with Crippen molar-refractivity contribution in [3.05, 3.63) is 65.9 Å². The second kappa shape index (κ2) is 7.13. The average Bonchev–Trinajstić information content (AvgIpc) is 3.19. The van der Waals surface area contributed by atoms with Crippen molar-refractivity contribution in [3.63, 3.8) is 0 Å². The van der Waals surface area contributed by atoms with E-state index in [9.17, 15) is 4.79 Å². The minimum atomic E-state index is -0.311. The van der Waals surface area contributed by atoms with Gasteiger partial charge in [0.05, 0.1) is 12.2 Å². The second-order valence-electron chi connectivity index (χ2n) is 6.44. The molecule has 1 aromatic carbocycles. The van der Waals surface area contributed by atoms with E-state index < -0.39 is 0 Å². The first-order valence-electron chi connectivity index (χ1n) is 8.72. The zero-order valence-corrected chi connectivity index (χ0v) is 14.7. The number of amides is 1. The van der Waals surface area contributed by atoms with Gasteiger partial charge in [-0.1, -0.05) is 18.2 Å². The molecule has 2 aromatic heterocycles. The molecule has 26 heavy (non-hydrogen) atoms. The summed E-state index contributed by atoms with van der Waals surface area (Å²) in [6, 6.07) is 9.31. The Hall–Kier alpha value is -2.93. The Kier molecular flexibility index (Phi) is 4.53. The molecule has 0 saturated heterocycles. The molecular weight excluding hydrogens is 330 g/mol. The van der Waals surface area contributed by atoms with E-state index in [0.29, 0.717) is 0 Å². The second-order valence-corrected chi connectivity index (χ2v) is 6.44. The number of nitrogens with one attached hydrogen (secondary N) is 1. The Labute approximate surface area is 151 Å². The third-order valence-corrected chi connectivity index (χ3v) is 4.61. The molecule has 0 aliphatic carbocycles. The fourth-order valence-electron chi connectivity index (χ4n) is 3.12. The van der Waals surface area contributed by atoms with Crippen molar-refractivity contribution < 1.29 is 9.21 Å². The maximum Gasteiger partial charge on any atom is 0.311 e. The van der Waals surface area contributed by atoms with E-state index in [-0.39, 0.29) is 11.8 Å². The maximum atomic E-state index is 12.3. The minimum absolute atomic E-state index is 0.136. The first-order valence-corrected chi connectivity index (χ1v) is 8.72. The van der Waals surface area contributed by atoms with Gasteiger partial charge in [-0.3, -0.25) is 9.69 Å². The van der Waals surface area contributed by atoms with Crippen LogP contribution in [0.2, 0.25) is 0 Å². The largest absolute Gasteiger partial charge is 0.437 e. The van der Waals surface area contributed by atoms with Crippen LogP contribution in [0.3, 0.4) is 0 Å². The summed E-state index contributed by atoms with van der Waals surface area (Å²) in [7, 11) is 2.00. The van der Waals surface area contributed by atoms with Crippen molar-refractivity contribution in [2.24, 2.45) is 7.05 Å². The van der Waals surface area contributed by atoms with E-state index in [4.69, 9.17) is 4.42 Å². The standard InChI is InChI=1S/C19H21N5O2/c1-23-12-9-20-17(23)13-24-10-7-15-16(8-11-24)26-19(22-15)18(25)21-14-5-3-2-4-6-14/h2-6,9,12H,7-8,10-11,13H2,1H3,(H,21,25). The van der Waals surface area contributed by atoms with Gasteiger partial charge in [-0.15, -0.1) is 0 Å². The van der Waals surface area contributed by atoms with Crippen LogP contribution in [0.4, 0.5) is 5.69 Å². The highest BCUT2D eigenvalue weighted by Crippen LogP contribution is 2.19. The number of aryl methyl sites for hydroxylation is 1. The van der Waals surface area contributed by atoms with Gasteiger partial charge in [-0.25, -0.2) is 9.97 Å². The van der Waals surface area contributed by atoms with Crippen molar-refractivity contribution in [1.29, 1.82) is 0 Å². The molecule has 1 amide bonds. The highest BCUT2D eigenvalue weighted by Gasteiger charge is 2.23. The first kappa shape index (κ1) is 16.5. The van der Waals surface area contributed by atoms with Gasteiger partial charge < -0.3 is 14.3 Å². The lowest BCUT2D eigenvalue weighted by atomic mass is 10.2. The van der Waals surface area contributed by atoms with Gasteiger partial charge in [-0.2, -0.15) is 0 Å². The topological polar surface area (TPSA) is 76.2 Å². The number of para-hydroxylation sites is 1. The lowest BCUT2D eigenvalue weighted by Crippen LogP contribution is -2.27. The van der Waals surface area contributed by atoms with Crippen LogP contribution in [-0.4, -0.2) is 38.4 Å². The molecular formula is C19H21N5O2. The normalized spacial score (nSPS) is 14.7. The van der Waals surface area contributed by atoms with E-state index in [2.05, 4.69) is 20.2 Å². The van der Waals surface area contributed by atoms with Gasteiger partial charge in [0.1, 0.15) is 11.6 Å². The van der Waals surface area contributed by atoms with Crippen LogP contribution in [0.15, 0.2) is 47.1 Å². The quantitative estimate of drug-likeness (QED) is 0.780. The Morgan fingerprint density at radius 1 is 1.23 bits per heavy atom. The van der Waals surface area contributed by atoms with E-state index in [1.54, 1.807) is 0 Å². The summed E-state index contributed by atoms with van der Waals surface area (Å²) in [4.78, 5) is 23.5. The van der Waals surface area contributed by atoms with Crippen LogP contribution in [0, 0.1) is 0 Å². The average molecular weight is 351 g/mol. The lowest BCUT2D eigenvalue weighted by Gasteiger charge is -2.18. The number of benzene rings is 1. The fourth-order valence-corrected chi connectivity index (χ4v) is 3.12. The van der Waals surface area contributed by atoms with E-state index >= 15 is 0 Å². The molecule has 3 heterocycles. The highest BCUT2D eigenvalue weighted by atomic mass is 16.4. The zero-order valence-electron chi connectivity index (χ0n) is 14.7. The number of anilines is 1. The number of fused-ring (bicyclic) bond motifs is 1. The number of hydrogen-bond donors (Lipinski definition) is 1. The summed E-state index contributed by atoms with van der Waals surface area (Å²) < 4.78 is 7.79. The zero-order chi connectivity index (χ0) is 17.9. The Morgan fingerprint density at radius 2 is 2.04 bits per heavy atom. The van der Waals surface area contributed by atoms with Crippen LogP contribution in [0.25, 0.3) is 0 Å². The summed E-state index contributed by atoms with van der Waals surface area (Å²) in [5.74, 6) is 1.68. The molecule has 0 unspecified atom stereocenters. The van der Waals surface area contributed by atoms with E-state index in [1.807, 2.05) is 54.3 Å². The molecule has 3 aromatic rings. The fraction of sp³-hybridized carbons (Fsp3) is 0.316. The molecule has 7 heteroatoms. The third kappa shape index (κ3) is 3.52. The number of rotatable bonds is 4. The minimum Gasteiger partial charge on any atom is -0.437 e. The van der Waals surface area contributed by atoms with Gasteiger partial charge in [0.2, 0.25) is 0 Å². The van der Waals surface area contributed by atoms with Crippen molar-refractivity contribution in [2.45, 2.75) is 19.4 Å². The van der Waals surface area contributed by atoms with Crippen molar-refractivity contribution in [1.82, 2.24) is 19.4 Å². The first-order chi connectivity index (χ1) is 12.7. The Balaban J connectivity index is 1.41. The van der Waals surface area contributed by atoms with E-state index in [0.717, 1.165) is 55.4 Å². The highest BCUT2D eigenvalue weighted by molar-refractivity contribution is 6.00. The molecule has 0 saturated carbocycles. The lowest BCUT2D eigenvalue weighted by molar-refractivity contribution is 0.0988. The van der Waals surface area contributed by atoms with Crippen molar-refractivity contribution in [3.8, 4) is 0 Å². The van der Waals surface area contributed by atoms with E-state index in [1.165, 1.54) is 0 Å². The summed E-state index contributed by atoms with van der Waals surface area (Å²) in [6.45, 7) is 2.52. The third-order valence-electron chi connectivity index (χ3n) is 4.61. The van der Waals surface area contributed by atoms with Gasteiger partial charge in [0, 0.05) is 51.1 Å².